The molecule has 0 aliphatic rings. The molecular weight excluding hydrogens is 226 g/mol. The minimum Gasteiger partial charge on any atom is -0.440 e. The van der Waals surface area contributed by atoms with Crippen molar-refractivity contribution in [3.63, 3.8) is 0 Å². The first-order valence-electron chi connectivity index (χ1n) is 6.16. The first-order chi connectivity index (χ1) is 8.41. The number of hydrogen-bond donors (Lipinski definition) is 0. The molecule has 0 aliphatic heterocycles. The molecule has 0 bridgehead atoms. The van der Waals surface area contributed by atoms with E-state index in [9.17, 15) is 4.79 Å². The summed E-state index contributed by atoms with van der Waals surface area (Å²) in [4.78, 5) is 14.0. The second kappa shape index (κ2) is 4.48. The number of benzene rings is 1. The number of hydrogen-bond acceptors (Lipinski definition) is 3. The molecule has 2 aromatic rings. The summed E-state index contributed by atoms with van der Waals surface area (Å²) in [7, 11) is 3.74. The van der Waals surface area contributed by atoms with Crippen LogP contribution in [0, 0.1) is 6.92 Å². The van der Waals surface area contributed by atoms with E-state index in [1.807, 2.05) is 38.1 Å². The van der Waals surface area contributed by atoms with Gasteiger partial charge in [0.15, 0.2) is 11.3 Å². The normalized spacial score (nSPS) is 11.2. The van der Waals surface area contributed by atoms with Crippen LogP contribution in [-0.4, -0.2) is 14.1 Å². The molecule has 3 nitrogen and oxygen atoms in total. The van der Waals surface area contributed by atoms with Gasteiger partial charge in [-0.25, -0.2) is 0 Å². The number of rotatable bonds is 2. The van der Waals surface area contributed by atoms with Gasteiger partial charge >= 0.3 is 0 Å². The van der Waals surface area contributed by atoms with Crippen LogP contribution in [-0.2, 0) is 0 Å². The fourth-order valence-electron chi connectivity index (χ4n) is 2.11. The molecule has 1 aromatic carbocycles. The first-order valence-corrected chi connectivity index (χ1v) is 6.16. The number of fused-ring (bicyclic) bond motifs is 1. The summed E-state index contributed by atoms with van der Waals surface area (Å²) in [5, 5.41) is 0.701. The fourth-order valence-corrected chi connectivity index (χ4v) is 2.11. The molecule has 2 rings (SSSR count). The molecular formula is C15H19NO2. The highest BCUT2D eigenvalue weighted by molar-refractivity contribution is 5.84. The van der Waals surface area contributed by atoms with E-state index in [1.54, 1.807) is 6.07 Å². The summed E-state index contributed by atoms with van der Waals surface area (Å²) >= 11 is 0. The smallest absolute Gasteiger partial charge is 0.199 e. The molecule has 0 amide bonds. The Morgan fingerprint density at radius 2 is 1.89 bits per heavy atom. The second-order valence-electron chi connectivity index (χ2n) is 5.17. The second-order valence-corrected chi connectivity index (χ2v) is 5.17. The maximum atomic E-state index is 12.2. The molecule has 0 spiro atoms. The maximum Gasteiger partial charge on any atom is 0.199 e. The Balaban J connectivity index is 2.91. The summed E-state index contributed by atoms with van der Waals surface area (Å²) in [5.41, 5.74) is 2.80. The Morgan fingerprint density at radius 3 is 2.44 bits per heavy atom. The van der Waals surface area contributed by atoms with Crippen LogP contribution in [0.1, 0.15) is 30.9 Å². The van der Waals surface area contributed by atoms with E-state index in [2.05, 4.69) is 13.8 Å². The predicted octanol–water partition coefficient (Wildman–Crippen LogP) is 3.29. The quantitative estimate of drug-likeness (QED) is 0.814. The maximum absolute atomic E-state index is 12.2. The molecule has 1 heterocycles. The van der Waals surface area contributed by atoms with E-state index in [4.69, 9.17) is 4.42 Å². The van der Waals surface area contributed by atoms with Crippen LogP contribution in [0.5, 0.6) is 0 Å². The monoisotopic (exact) mass is 245 g/mol. The molecule has 0 fully saturated rings. The fraction of sp³-hybridized carbons (Fsp3) is 0.400. The molecule has 0 atom stereocenters. The zero-order valence-electron chi connectivity index (χ0n) is 11.6. The third kappa shape index (κ3) is 2.01. The van der Waals surface area contributed by atoms with Gasteiger partial charge in [-0.3, -0.25) is 4.79 Å². The van der Waals surface area contributed by atoms with Crippen molar-refractivity contribution in [3.05, 3.63) is 39.5 Å². The topological polar surface area (TPSA) is 33.5 Å². The molecule has 0 N–H and O–H groups in total. The summed E-state index contributed by atoms with van der Waals surface area (Å²) in [5.74, 6) is 0.925. The van der Waals surface area contributed by atoms with Crippen LogP contribution in [0.2, 0.25) is 0 Å². The van der Waals surface area contributed by atoms with Gasteiger partial charge in [0.1, 0.15) is 5.58 Å². The minimum atomic E-state index is 0.0277. The van der Waals surface area contributed by atoms with Gasteiger partial charge in [0.25, 0.3) is 0 Å². The van der Waals surface area contributed by atoms with Gasteiger partial charge in [0, 0.05) is 20.2 Å². The van der Waals surface area contributed by atoms with Crippen molar-refractivity contribution in [1.82, 2.24) is 0 Å². The average molecular weight is 245 g/mol. The molecule has 0 saturated carbocycles. The Labute approximate surface area is 107 Å². The van der Waals surface area contributed by atoms with Gasteiger partial charge in [-0.2, -0.15) is 0 Å². The van der Waals surface area contributed by atoms with Gasteiger partial charge in [0.05, 0.1) is 5.39 Å². The SMILES string of the molecule is Cc1ccc(C(C)C)c2oc(N(C)C)cc(=O)c12. The number of nitrogens with zero attached hydrogens (tertiary/aromatic N) is 1. The van der Waals surface area contributed by atoms with Crippen LogP contribution in [0.25, 0.3) is 11.0 Å². The highest BCUT2D eigenvalue weighted by atomic mass is 16.4. The van der Waals surface area contributed by atoms with Crippen molar-refractivity contribution < 1.29 is 4.42 Å². The number of aryl methyl sites for hydroxylation is 1. The van der Waals surface area contributed by atoms with E-state index >= 15 is 0 Å². The van der Waals surface area contributed by atoms with E-state index in [0.29, 0.717) is 17.2 Å². The highest BCUT2D eigenvalue weighted by Gasteiger charge is 2.14. The van der Waals surface area contributed by atoms with E-state index in [1.165, 1.54) is 0 Å². The summed E-state index contributed by atoms with van der Waals surface area (Å²) in [6.45, 7) is 6.15. The first kappa shape index (κ1) is 12.7. The standard InChI is InChI=1S/C15H19NO2/c1-9(2)11-7-6-10(3)14-12(17)8-13(16(4)5)18-15(11)14/h6-9H,1-5H3. The van der Waals surface area contributed by atoms with Gasteiger partial charge in [-0.15, -0.1) is 0 Å². The van der Waals surface area contributed by atoms with Crippen molar-refractivity contribution in [2.75, 3.05) is 19.0 Å². The third-order valence-electron chi connectivity index (χ3n) is 3.17. The largest absolute Gasteiger partial charge is 0.440 e. The molecule has 1 aromatic heterocycles. The van der Waals surface area contributed by atoms with Gasteiger partial charge < -0.3 is 9.32 Å². The van der Waals surface area contributed by atoms with Crippen molar-refractivity contribution >= 4 is 16.9 Å². The molecule has 0 unspecified atom stereocenters. The van der Waals surface area contributed by atoms with Crippen LogP contribution in [0.15, 0.2) is 27.4 Å². The Bertz CT molecular complexity index is 639. The molecule has 0 aliphatic carbocycles. The van der Waals surface area contributed by atoms with Crippen LogP contribution >= 0.6 is 0 Å². The Hall–Kier alpha value is -1.77. The lowest BCUT2D eigenvalue weighted by molar-refractivity contribution is 0.589. The zero-order valence-corrected chi connectivity index (χ0v) is 11.6. The Kier molecular flexibility index (Phi) is 3.16. The van der Waals surface area contributed by atoms with Crippen molar-refractivity contribution in [2.45, 2.75) is 26.7 Å². The lowest BCUT2D eigenvalue weighted by Gasteiger charge is -2.15. The molecule has 18 heavy (non-hydrogen) atoms. The predicted molar refractivity (Wildman–Crippen MR) is 75.6 cm³/mol. The Morgan fingerprint density at radius 1 is 1.22 bits per heavy atom. The van der Waals surface area contributed by atoms with Crippen molar-refractivity contribution in [1.29, 1.82) is 0 Å². The lowest BCUT2D eigenvalue weighted by Crippen LogP contribution is -2.13. The van der Waals surface area contributed by atoms with E-state index in [-0.39, 0.29) is 5.43 Å². The van der Waals surface area contributed by atoms with E-state index < -0.39 is 0 Å². The highest BCUT2D eigenvalue weighted by Crippen LogP contribution is 2.28. The lowest BCUT2D eigenvalue weighted by atomic mass is 9.98. The molecule has 0 saturated heterocycles. The summed E-state index contributed by atoms with van der Waals surface area (Å²) in [6.07, 6.45) is 0. The molecule has 0 radical (unpaired) electrons. The van der Waals surface area contributed by atoms with Crippen LogP contribution in [0.3, 0.4) is 0 Å². The van der Waals surface area contributed by atoms with E-state index in [0.717, 1.165) is 16.7 Å². The zero-order chi connectivity index (χ0) is 13.4. The van der Waals surface area contributed by atoms with Crippen molar-refractivity contribution in [3.8, 4) is 0 Å². The van der Waals surface area contributed by atoms with Gasteiger partial charge in [-0.1, -0.05) is 26.0 Å². The number of anilines is 1. The minimum absolute atomic E-state index is 0.0277. The van der Waals surface area contributed by atoms with Crippen LogP contribution in [0.4, 0.5) is 5.88 Å². The van der Waals surface area contributed by atoms with Gasteiger partial charge in [0.2, 0.25) is 0 Å². The molecule has 96 valence electrons. The van der Waals surface area contributed by atoms with Gasteiger partial charge in [-0.05, 0) is 24.0 Å². The third-order valence-corrected chi connectivity index (χ3v) is 3.17. The molecule has 3 heteroatoms. The van der Waals surface area contributed by atoms with Crippen LogP contribution < -0.4 is 10.3 Å². The average Bonchev–Trinajstić information content (AvgIpc) is 2.27. The summed E-state index contributed by atoms with van der Waals surface area (Å²) < 4.78 is 5.90. The van der Waals surface area contributed by atoms with Crippen molar-refractivity contribution in [2.24, 2.45) is 0 Å². The summed E-state index contributed by atoms with van der Waals surface area (Å²) in [6, 6.07) is 5.59.